The van der Waals surface area contributed by atoms with Gasteiger partial charge in [-0.3, -0.25) is 0 Å². The van der Waals surface area contributed by atoms with Crippen LogP contribution in [0, 0.1) is 5.92 Å². The van der Waals surface area contributed by atoms with Crippen molar-refractivity contribution in [2.24, 2.45) is 5.92 Å². The highest BCUT2D eigenvalue weighted by Gasteiger charge is 2.10. The van der Waals surface area contributed by atoms with E-state index in [4.69, 9.17) is 4.74 Å². The van der Waals surface area contributed by atoms with Crippen LogP contribution in [-0.2, 0) is 13.0 Å². The highest BCUT2D eigenvalue weighted by molar-refractivity contribution is 5.29. The third-order valence-electron chi connectivity index (χ3n) is 2.81. The van der Waals surface area contributed by atoms with Crippen LogP contribution in [-0.4, -0.2) is 18.1 Å². The van der Waals surface area contributed by atoms with E-state index >= 15 is 0 Å². The quantitative estimate of drug-likeness (QED) is 0.847. The maximum Gasteiger partial charge on any atom is 0.218 e. The van der Waals surface area contributed by atoms with Gasteiger partial charge in [-0.1, -0.05) is 19.9 Å². The molecule has 0 saturated heterocycles. The molecule has 0 bridgehead atoms. The molecule has 1 aromatic heterocycles. The van der Waals surface area contributed by atoms with Crippen LogP contribution in [0.15, 0.2) is 12.1 Å². The summed E-state index contributed by atoms with van der Waals surface area (Å²) >= 11 is 0. The van der Waals surface area contributed by atoms with Crippen LogP contribution in [0.2, 0.25) is 0 Å². The minimum Gasteiger partial charge on any atom is -0.476 e. The molecule has 0 saturated carbocycles. The van der Waals surface area contributed by atoms with E-state index in [0.717, 1.165) is 37.0 Å². The van der Waals surface area contributed by atoms with Crippen LogP contribution in [0.25, 0.3) is 0 Å². The summed E-state index contributed by atoms with van der Waals surface area (Å²) in [5.74, 6) is 1.55. The van der Waals surface area contributed by atoms with Crippen molar-refractivity contribution in [1.29, 1.82) is 0 Å². The SMILES string of the molecule is CC(C)CCc1ccc2c(n1)OCCNC2. The Kier molecular flexibility index (Phi) is 3.78. The Bertz CT molecular complexity index is 350. The number of ether oxygens (including phenoxy) is 1. The number of hydrogen-bond acceptors (Lipinski definition) is 3. The van der Waals surface area contributed by atoms with Crippen molar-refractivity contribution >= 4 is 0 Å². The van der Waals surface area contributed by atoms with Crippen LogP contribution < -0.4 is 10.1 Å². The number of rotatable bonds is 3. The molecule has 0 fully saturated rings. The topological polar surface area (TPSA) is 34.1 Å². The summed E-state index contributed by atoms with van der Waals surface area (Å²) in [6.45, 7) is 6.96. The number of aromatic nitrogens is 1. The molecule has 3 heteroatoms. The van der Waals surface area contributed by atoms with Gasteiger partial charge in [-0.2, -0.15) is 0 Å². The molecule has 1 aliphatic rings. The first kappa shape index (κ1) is 11.4. The molecule has 0 unspecified atom stereocenters. The Morgan fingerprint density at radius 1 is 1.44 bits per heavy atom. The maximum atomic E-state index is 5.62. The van der Waals surface area contributed by atoms with Gasteiger partial charge >= 0.3 is 0 Å². The fourth-order valence-electron chi connectivity index (χ4n) is 1.79. The van der Waals surface area contributed by atoms with Crippen molar-refractivity contribution in [2.45, 2.75) is 33.2 Å². The van der Waals surface area contributed by atoms with E-state index < -0.39 is 0 Å². The van der Waals surface area contributed by atoms with E-state index in [2.05, 4.69) is 36.3 Å². The van der Waals surface area contributed by atoms with E-state index in [1.807, 2.05) is 0 Å². The van der Waals surface area contributed by atoms with Gasteiger partial charge in [0, 0.05) is 24.3 Å². The van der Waals surface area contributed by atoms with Gasteiger partial charge in [-0.15, -0.1) is 0 Å². The predicted octanol–water partition coefficient (Wildman–Crippen LogP) is 2.15. The Hall–Kier alpha value is -1.09. The first-order valence-electron chi connectivity index (χ1n) is 6.08. The molecule has 1 aliphatic heterocycles. The zero-order valence-electron chi connectivity index (χ0n) is 10.1. The minimum atomic E-state index is 0.716. The van der Waals surface area contributed by atoms with Crippen LogP contribution in [0.4, 0.5) is 0 Å². The zero-order chi connectivity index (χ0) is 11.4. The van der Waals surface area contributed by atoms with Crippen molar-refractivity contribution in [3.05, 3.63) is 23.4 Å². The summed E-state index contributed by atoms with van der Waals surface area (Å²) in [4.78, 5) is 4.58. The first-order valence-corrected chi connectivity index (χ1v) is 6.08. The molecule has 0 aliphatic carbocycles. The number of nitrogens with one attached hydrogen (secondary N) is 1. The monoisotopic (exact) mass is 220 g/mol. The van der Waals surface area contributed by atoms with Crippen molar-refractivity contribution in [2.75, 3.05) is 13.2 Å². The van der Waals surface area contributed by atoms with Crippen LogP contribution in [0.3, 0.4) is 0 Å². The normalized spacial score (nSPS) is 15.4. The van der Waals surface area contributed by atoms with Crippen LogP contribution >= 0.6 is 0 Å². The minimum absolute atomic E-state index is 0.716. The molecule has 3 nitrogen and oxygen atoms in total. The fourth-order valence-corrected chi connectivity index (χ4v) is 1.79. The summed E-state index contributed by atoms with van der Waals surface area (Å²) in [5, 5.41) is 3.31. The maximum absolute atomic E-state index is 5.62. The standard InChI is InChI=1S/C13H20N2O/c1-10(2)3-5-12-6-4-11-9-14-7-8-16-13(11)15-12/h4,6,10,14H,3,5,7-9H2,1-2H3. The average molecular weight is 220 g/mol. The summed E-state index contributed by atoms with van der Waals surface area (Å²) in [6, 6.07) is 4.26. The molecule has 88 valence electrons. The third-order valence-corrected chi connectivity index (χ3v) is 2.81. The highest BCUT2D eigenvalue weighted by Crippen LogP contribution is 2.19. The van der Waals surface area contributed by atoms with Gasteiger partial charge in [-0.25, -0.2) is 4.98 Å². The Balaban J connectivity index is 2.08. The lowest BCUT2D eigenvalue weighted by Crippen LogP contribution is -2.16. The first-order chi connectivity index (χ1) is 7.75. The van der Waals surface area contributed by atoms with Crippen LogP contribution in [0.1, 0.15) is 31.5 Å². The van der Waals surface area contributed by atoms with Crippen LogP contribution in [0.5, 0.6) is 5.88 Å². The van der Waals surface area contributed by atoms with Gasteiger partial charge in [0.05, 0.1) is 0 Å². The lowest BCUT2D eigenvalue weighted by atomic mass is 10.1. The molecule has 1 aromatic rings. The molecule has 0 radical (unpaired) electrons. The lowest BCUT2D eigenvalue weighted by Gasteiger charge is -2.08. The summed E-state index contributed by atoms with van der Waals surface area (Å²) < 4.78 is 5.62. The molecular formula is C13H20N2O. The number of pyridine rings is 1. The molecule has 0 spiro atoms. The Labute approximate surface area is 97.2 Å². The van der Waals surface area contributed by atoms with Crippen molar-refractivity contribution in [3.63, 3.8) is 0 Å². The van der Waals surface area contributed by atoms with E-state index in [9.17, 15) is 0 Å². The second kappa shape index (κ2) is 5.30. The molecule has 16 heavy (non-hydrogen) atoms. The number of hydrogen-bond donors (Lipinski definition) is 1. The van der Waals surface area contributed by atoms with Gasteiger partial charge in [-0.05, 0) is 24.8 Å². The Morgan fingerprint density at radius 3 is 3.12 bits per heavy atom. The van der Waals surface area contributed by atoms with Gasteiger partial charge in [0.15, 0.2) is 0 Å². The lowest BCUT2D eigenvalue weighted by molar-refractivity contribution is 0.313. The second-order valence-electron chi connectivity index (χ2n) is 4.72. The fraction of sp³-hybridized carbons (Fsp3) is 0.615. The molecule has 0 amide bonds. The van der Waals surface area contributed by atoms with Gasteiger partial charge in [0.25, 0.3) is 0 Å². The van der Waals surface area contributed by atoms with Gasteiger partial charge in [0.1, 0.15) is 6.61 Å². The molecule has 2 heterocycles. The summed E-state index contributed by atoms with van der Waals surface area (Å²) in [5.41, 5.74) is 2.32. The van der Waals surface area contributed by atoms with E-state index in [-0.39, 0.29) is 0 Å². The third kappa shape index (κ3) is 2.95. The average Bonchev–Trinajstić information content (AvgIpc) is 2.50. The van der Waals surface area contributed by atoms with E-state index in [1.54, 1.807) is 0 Å². The molecule has 0 aromatic carbocycles. The van der Waals surface area contributed by atoms with Crippen molar-refractivity contribution in [1.82, 2.24) is 10.3 Å². The van der Waals surface area contributed by atoms with Crippen molar-refractivity contribution < 1.29 is 4.74 Å². The summed E-state index contributed by atoms with van der Waals surface area (Å²) in [7, 11) is 0. The van der Waals surface area contributed by atoms with Gasteiger partial charge < -0.3 is 10.1 Å². The van der Waals surface area contributed by atoms with E-state index in [1.165, 1.54) is 12.0 Å². The second-order valence-corrected chi connectivity index (χ2v) is 4.72. The van der Waals surface area contributed by atoms with Crippen molar-refractivity contribution in [3.8, 4) is 5.88 Å². The summed E-state index contributed by atoms with van der Waals surface area (Å²) in [6.07, 6.45) is 2.23. The molecule has 1 N–H and O–H groups in total. The molecule has 2 rings (SSSR count). The smallest absolute Gasteiger partial charge is 0.218 e. The van der Waals surface area contributed by atoms with Gasteiger partial charge in [0.2, 0.25) is 5.88 Å². The van der Waals surface area contributed by atoms with E-state index in [0.29, 0.717) is 6.61 Å². The Morgan fingerprint density at radius 2 is 2.31 bits per heavy atom. The number of nitrogens with zero attached hydrogens (tertiary/aromatic N) is 1. The molecule has 0 atom stereocenters. The zero-order valence-corrected chi connectivity index (χ0v) is 10.1. The number of aryl methyl sites for hydroxylation is 1. The largest absolute Gasteiger partial charge is 0.476 e. The molecular weight excluding hydrogens is 200 g/mol. The number of fused-ring (bicyclic) bond motifs is 1. The predicted molar refractivity (Wildman–Crippen MR) is 64.6 cm³/mol. The highest BCUT2D eigenvalue weighted by atomic mass is 16.5.